The minimum atomic E-state index is -0.373. The van der Waals surface area contributed by atoms with Crippen molar-refractivity contribution in [2.45, 2.75) is 51.3 Å². The van der Waals surface area contributed by atoms with Crippen molar-refractivity contribution in [3.63, 3.8) is 0 Å². The van der Waals surface area contributed by atoms with Crippen molar-refractivity contribution in [3.05, 3.63) is 0 Å². The fraction of sp³-hybridized carbons (Fsp3) is 0.917. The summed E-state index contributed by atoms with van der Waals surface area (Å²) in [5, 5.41) is 12.7. The number of nitrogens with one attached hydrogen (secondary N) is 1. The number of nitriles is 1. The van der Waals surface area contributed by atoms with Crippen molar-refractivity contribution in [1.82, 2.24) is 5.32 Å². The van der Waals surface area contributed by atoms with Crippen LogP contribution in [0.4, 0.5) is 0 Å². The molecule has 3 atom stereocenters. The topological polar surface area (TPSA) is 35.8 Å². The average Bonchev–Trinajstić information content (AvgIpc) is 2.25. The number of hydrogen-bond acceptors (Lipinski definition) is 3. The van der Waals surface area contributed by atoms with Crippen LogP contribution in [0.3, 0.4) is 0 Å². The lowest BCUT2D eigenvalue weighted by Crippen LogP contribution is -2.40. The quantitative estimate of drug-likeness (QED) is 0.727. The van der Waals surface area contributed by atoms with Gasteiger partial charge < -0.3 is 5.32 Å². The molecule has 3 heteroatoms. The number of nitrogens with zero attached hydrogens (tertiary/aromatic N) is 1. The maximum Gasteiger partial charge on any atom is 0.104 e. The molecule has 0 aromatic rings. The van der Waals surface area contributed by atoms with E-state index in [2.05, 4.69) is 32.2 Å². The van der Waals surface area contributed by atoms with Crippen molar-refractivity contribution >= 4 is 11.8 Å². The van der Waals surface area contributed by atoms with Crippen molar-refractivity contribution in [3.8, 4) is 6.07 Å². The maximum absolute atomic E-state index is 9.04. The summed E-state index contributed by atoms with van der Waals surface area (Å²) in [5.41, 5.74) is -0.373. The summed E-state index contributed by atoms with van der Waals surface area (Å²) in [6.45, 7) is 8.68. The van der Waals surface area contributed by atoms with Crippen LogP contribution in [0.15, 0.2) is 0 Å². The van der Waals surface area contributed by atoms with Crippen LogP contribution in [0.1, 0.15) is 40.5 Å². The van der Waals surface area contributed by atoms with E-state index < -0.39 is 0 Å². The summed E-state index contributed by atoms with van der Waals surface area (Å²) in [6, 6.07) is 2.34. The second-order valence-corrected chi connectivity index (χ2v) is 6.03. The maximum atomic E-state index is 9.04. The molecule has 15 heavy (non-hydrogen) atoms. The van der Waals surface area contributed by atoms with Crippen molar-refractivity contribution in [1.29, 1.82) is 5.26 Å². The third kappa shape index (κ3) is 6.06. The SMILES string of the molecule is CCC(C)CSC(C)CC(C)(C#N)NC. The van der Waals surface area contributed by atoms with Crippen LogP contribution in [0.2, 0.25) is 0 Å². The smallest absolute Gasteiger partial charge is 0.104 e. The van der Waals surface area contributed by atoms with E-state index in [1.54, 1.807) is 0 Å². The minimum Gasteiger partial charge on any atom is -0.303 e. The van der Waals surface area contributed by atoms with E-state index in [-0.39, 0.29) is 5.54 Å². The molecule has 0 aliphatic heterocycles. The van der Waals surface area contributed by atoms with Crippen LogP contribution in [-0.4, -0.2) is 23.6 Å². The molecule has 0 aromatic carbocycles. The molecule has 88 valence electrons. The molecule has 0 aromatic heterocycles. The summed E-state index contributed by atoms with van der Waals surface area (Å²) < 4.78 is 0. The van der Waals surface area contributed by atoms with Gasteiger partial charge in [0.2, 0.25) is 0 Å². The lowest BCUT2D eigenvalue weighted by molar-refractivity contribution is 0.455. The highest BCUT2D eigenvalue weighted by Gasteiger charge is 2.24. The molecule has 0 heterocycles. The molecule has 0 aliphatic carbocycles. The van der Waals surface area contributed by atoms with Gasteiger partial charge in [-0.1, -0.05) is 27.2 Å². The van der Waals surface area contributed by atoms with Gasteiger partial charge in [0.05, 0.1) is 6.07 Å². The van der Waals surface area contributed by atoms with E-state index in [0.29, 0.717) is 5.25 Å². The van der Waals surface area contributed by atoms with Crippen LogP contribution in [0.5, 0.6) is 0 Å². The third-order valence-corrected chi connectivity index (χ3v) is 4.35. The normalized spacial score (nSPS) is 18.9. The monoisotopic (exact) mass is 228 g/mol. The first-order valence-electron chi connectivity index (χ1n) is 5.69. The zero-order valence-corrected chi connectivity index (χ0v) is 11.4. The van der Waals surface area contributed by atoms with Crippen molar-refractivity contribution in [2.24, 2.45) is 5.92 Å². The molecule has 3 unspecified atom stereocenters. The fourth-order valence-electron chi connectivity index (χ4n) is 1.28. The molecule has 0 aliphatic rings. The zero-order valence-electron chi connectivity index (χ0n) is 10.6. The van der Waals surface area contributed by atoms with Gasteiger partial charge in [0.25, 0.3) is 0 Å². The highest BCUT2D eigenvalue weighted by molar-refractivity contribution is 7.99. The molecule has 0 bridgehead atoms. The molecular weight excluding hydrogens is 204 g/mol. The zero-order chi connectivity index (χ0) is 11.9. The van der Waals surface area contributed by atoms with E-state index in [4.69, 9.17) is 5.26 Å². The van der Waals surface area contributed by atoms with Gasteiger partial charge in [0.15, 0.2) is 0 Å². The van der Waals surface area contributed by atoms with Gasteiger partial charge in [-0.2, -0.15) is 17.0 Å². The molecule has 0 amide bonds. The Kier molecular flexibility index (Phi) is 7.04. The van der Waals surface area contributed by atoms with Gasteiger partial charge in [0, 0.05) is 5.25 Å². The lowest BCUT2D eigenvalue weighted by atomic mass is 9.98. The number of rotatable bonds is 7. The molecule has 0 saturated heterocycles. The molecule has 0 saturated carbocycles. The first kappa shape index (κ1) is 14.8. The van der Waals surface area contributed by atoms with E-state index in [9.17, 15) is 0 Å². The Hall–Kier alpha value is -0.200. The number of hydrogen-bond donors (Lipinski definition) is 1. The third-order valence-electron chi connectivity index (χ3n) is 2.86. The molecule has 0 fully saturated rings. The van der Waals surface area contributed by atoms with E-state index in [1.165, 1.54) is 12.2 Å². The Bertz CT molecular complexity index is 212. The lowest BCUT2D eigenvalue weighted by Gasteiger charge is -2.25. The Labute approximate surface area is 98.8 Å². The first-order chi connectivity index (χ1) is 6.97. The summed E-state index contributed by atoms with van der Waals surface area (Å²) in [7, 11) is 1.86. The average molecular weight is 228 g/mol. The molecule has 0 spiro atoms. The fourth-order valence-corrected chi connectivity index (χ4v) is 2.63. The summed E-state index contributed by atoms with van der Waals surface area (Å²) in [6.07, 6.45) is 2.14. The van der Waals surface area contributed by atoms with Gasteiger partial charge in [-0.25, -0.2) is 0 Å². The van der Waals surface area contributed by atoms with Crippen LogP contribution >= 0.6 is 11.8 Å². The van der Waals surface area contributed by atoms with Crippen molar-refractivity contribution in [2.75, 3.05) is 12.8 Å². The van der Waals surface area contributed by atoms with E-state index in [1.807, 2.05) is 25.7 Å². The van der Waals surface area contributed by atoms with Gasteiger partial charge in [-0.05, 0) is 32.1 Å². The van der Waals surface area contributed by atoms with Gasteiger partial charge in [-0.3, -0.25) is 0 Å². The minimum absolute atomic E-state index is 0.373. The van der Waals surface area contributed by atoms with Gasteiger partial charge in [-0.15, -0.1) is 0 Å². The largest absolute Gasteiger partial charge is 0.303 e. The number of thioether (sulfide) groups is 1. The second-order valence-electron chi connectivity index (χ2n) is 4.56. The highest BCUT2D eigenvalue weighted by Crippen LogP contribution is 2.23. The molecule has 0 radical (unpaired) electrons. The second kappa shape index (κ2) is 7.14. The Morgan fingerprint density at radius 2 is 2.07 bits per heavy atom. The molecular formula is C12H24N2S. The first-order valence-corrected chi connectivity index (χ1v) is 6.74. The predicted molar refractivity (Wildman–Crippen MR) is 69.1 cm³/mol. The van der Waals surface area contributed by atoms with Crippen LogP contribution < -0.4 is 5.32 Å². The Morgan fingerprint density at radius 1 is 1.47 bits per heavy atom. The van der Waals surface area contributed by atoms with E-state index in [0.717, 1.165) is 12.3 Å². The van der Waals surface area contributed by atoms with Crippen LogP contribution in [0, 0.1) is 17.2 Å². The molecule has 0 rings (SSSR count). The van der Waals surface area contributed by atoms with Crippen molar-refractivity contribution < 1.29 is 0 Å². The molecule has 2 nitrogen and oxygen atoms in total. The predicted octanol–water partition coefficient (Wildman–Crippen LogP) is 3.05. The van der Waals surface area contributed by atoms with Crippen LogP contribution in [-0.2, 0) is 0 Å². The summed E-state index contributed by atoms with van der Waals surface area (Å²) in [5.74, 6) is 1.98. The Morgan fingerprint density at radius 3 is 2.47 bits per heavy atom. The highest BCUT2D eigenvalue weighted by atomic mass is 32.2. The van der Waals surface area contributed by atoms with Crippen LogP contribution in [0.25, 0.3) is 0 Å². The Balaban J connectivity index is 3.93. The van der Waals surface area contributed by atoms with Gasteiger partial charge in [0.1, 0.15) is 5.54 Å². The summed E-state index contributed by atoms with van der Waals surface area (Å²) >= 11 is 1.98. The molecule has 1 N–H and O–H groups in total. The summed E-state index contributed by atoms with van der Waals surface area (Å²) in [4.78, 5) is 0. The van der Waals surface area contributed by atoms with Gasteiger partial charge >= 0.3 is 0 Å². The van der Waals surface area contributed by atoms with E-state index >= 15 is 0 Å². The standard InChI is InChI=1S/C12H24N2S/c1-6-10(2)8-15-11(3)7-12(4,9-13)14-5/h10-11,14H,6-8H2,1-5H3.